The zero-order chi connectivity index (χ0) is 23.3. The minimum absolute atomic E-state index is 0.0155. The summed E-state index contributed by atoms with van der Waals surface area (Å²) >= 11 is 12.3. The van der Waals surface area contributed by atoms with Crippen LogP contribution in [0.4, 0.5) is 0 Å². The molecule has 32 heavy (non-hydrogen) atoms. The molecule has 0 aromatic heterocycles. The molecule has 0 saturated carbocycles. The van der Waals surface area contributed by atoms with E-state index in [0.29, 0.717) is 16.5 Å². The first kappa shape index (κ1) is 24.6. The molecule has 5 atom stereocenters. The predicted molar refractivity (Wildman–Crippen MR) is 128 cm³/mol. The van der Waals surface area contributed by atoms with Crippen molar-refractivity contribution in [3.8, 4) is 0 Å². The number of hydrogen-bond donors (Lipinski definition) is 3. The number of rotatable bonds is 9. The number of carbonyl (C=O) groups excluding carboxylic acids is 1. The molecule has 2 aromatic rings. The summed E-state index contributed by atoms with van der Waals surface area (Å²) in [5, 5.41) is 17.3. The van der Waals surface area contributed by atoms with Crippen LogP contribution in [0.1, 0.15) is 56.2 Å². The standard InChI is InChI=1S/C25H30Cl2N2O3/c1-3-28-22(16-7-9-19(26)10-8-16)11-15(2)24-21(17-5-4-6-20(27)12-17)13-18(14-23(30)31)25(32)29-24/h4-10,12,15,18,21-22,24,28H,3,11,13-14H2,1-2H3,(H,29,32)(H,30,31)/t15?,18-,21-,22+,24+/m1/s1. The topological polar surface area (TPSA) is 78.4 Å². The van der Waals surface area contributed by atoms with Crippen LogP contribution in [0.5, 0.6) is 0 Å². The minimum Gasteiger partial charge on any atom is -0.481 e. The number of carboxylic acids is 1. The summed E-state index contributed by atoms with van der Waals surface area (Å²) < 4.78 is 0. The van der Waals surface area contributed by atoms with E-state index in [1.807, 2.05) is 48.5 Å². The van der Waals surface area contributed by atoms with Crippen molar-refractivity contribution in [2.24, 2.45) is 11.8 Å². The van der Waals surface area contributed by atoms with Crippen LogP contribution in [0, 0.1) is 11.8 Å². The summed E-state index contributed by atoms with van der Waals surface area (Å²) in [4.78, 5) is 24.1. The van der Waals surface area contributed by atoms with Gasteiger partial charge >= 0.3 is 5.97 Å². The van der Waals surface area contributed by atoms with Crippen LogP contribution in [-0.2, 0) is 9.59 Å². The maximum atomic E-state index is 12.8. The highest BCUT2D eigenvalue weighted by Gasteiger charge is 2.40. The van der Waals surface area contributed by atoms with Crippen LogP contribution in [0.25, 0.3) is 0 Å². The van der Waals surface area contributed by atoms with E-state index >= 15 is 0 Å². The van der Waals surface area contributed by atoms with Gasteiger partial charge in [-0.05, 0) is 60.7 Å². The molecule has 0 radical (unpaired) electrons. The van der Waals surface area contributed by atoms with E-state index in [0.717, 1.165) is 24.1 Å². The Bertz CT molecular complexity index is 935. The van der Waals surface area contributed by atoms with Crippen LogP contribution in [0.15, 0.2) is 48.5 Å². The first-order valence-electron chi connectivity index (χ1n) is 11.0. The summed E-state index contributed by atoms with van der Waals surface area (Å²) in [6.07, 6.45) is 1.12. The molecule has 0 spiro atoms. The summed E-state index contributed by atoms with van der Waals surface area (Å²) in [7, 11) is 0. The minimum atomic E-state index is -0.962. The van der Waals surface area contributed by atoms with Crippen molar-refractivity contribution in [1.29, 1.82) is 0 Å². The maximum Gasteiger partial charge on any atom is 0.304 e. The quantitative estimate of drug-likeness (QED) is 0.450. The Morgan fingerprint density at radius 1 is 1.19 bits per heavy atom. The molecule has 1 unspecified atom stereocenters. The average Bonchev–Trinajstić information content (AvgIpc) is 2.75. The number of nitrogens with one attached hydrogen (secondary N) is 2. The largest absolute Gasteiger partial charge is 0.481 e. The maximum absolute atomic E-state index is 12.8. The Hall–Kier alpha value is -2.08. The highest BCUT2D eigenvalue weighted by Crippen LogP contribution is 2.39. The molecule has 3 N–H and O–H groups in total. The SMILES string of the molecule is CCN[C@@H](CC(C)[C@@H]1NC(=O)[C@@H](CC(=O)O)C[C@@H]1c1cccc(Cl)c1)c1ccc(Cl)cc1. The van der Waals surface area contributed by atoms with E-state index in [-0.39, 0.29) is 36.2 Å². The van der Waals surface area contributed by atoms with Gasteiger partial charge in [-0.15, -0.1) is 0 Å². The second-order valence-corrected chi connectivity index (χ2v) is 9.47. The Morgan fingerprint density at radius 3 is 2.53 bits per heavy atom. The molecule has 5 nitrogen and oxygen atoms in total. The molecule has 1 amide bonds. The number of halogens is 2. The molecule has 0 bridgehead atoms. The Labute approximate surface area is 199 Å². The molecule has 1 aliphatic rings. The van der Waals surface area contributed by atoms with E-state index in [9.17, 15) is 14.7 Å². The lowest BCUT2D eigenvalue weighted by molar-refractivity contribution is -0.142. The van der Waals surface area contributed by atoms with Crippen LogP contribution in [0.3, 0.4) is 0 Å². The van der Waals surface area contributed by atoms with Gasteiger partial charge in [-0.2, -0.15) is 0 Å². The second kappa shape index (κ2) is 11.2. The second-order valence-electron chi connectivity index (χ2n) is 8.60. The van der Waals surface area contributed by atoms with E-state index in [1.54, 1.807) is 0 Å². The van der Waals surface area contributed by atoms with Gasteiger partial charge in [-0.3, -0.25) is 9.59 Å². The third-order valence-corrected chi connectivity index (χ3v) is 6.78. The fraction of sp³-hybridized carbons (Fsp3) is 0.440. The van der Waals surface area contributed by atoms with Crippen molar-refractivity contribution in [3.05, 3.63) is 69.7 Å². The smallest absolute Gasteiger partial charge is 0.304 e. The summed E-state index contributed by atoms with van der Waals surface area (Å²) in [6, 6.07) is 15.5. The van der Waals surface area contributed by atoms with Gasteiger partial charge in [0.2, 0.25) is 5.91 Å². The molecule has 1 aliphatic heterocycles. The first-order chi connectivity index (χ1) is 15.3. The van der Waals surface area contributed by atoms with Crippen molar-refractivity contribution in [2.75, 3.05) is 6.54 Å². The van der Waals surface area contributed by atoms with Crippen LogP contribution in [-0.4, -0.2) is 29.6 Å². The monoisotopic (exact) mass is 476 g/mol. The van der Waals surface area contributed by atoms with Crippen molar-refractivity contribution in [2.45, 2.75) is 51.1 Å². The fourth-order valence-corrected chi connectivity index (χ4v) is 5.07. The molecule has 0 aliphatic carbocycles. The molecule has 7 heteroatoms. The van der Waals surface area contributed by atoms with Crippen LogP contribution < -0.4 is 10.6 Å². The van der Waals surface area contributed by atoms with Gasteiger partial charge in [-0.25, -0.2) is 0 Å². The number of carbonyl (C=O) groups is 2. The molecule has 3 rings (SSSR count). The average molecular weight is 477 g/mol. The lowest BCUT2D eigenvalue weighted by atomic mass is 9.73. The van der Waals surface area contributed by atoms with E-state index in [1.165, 1.54) is 0 Å². The highest BCUT2D eigenvalue weighted by atomic mass is 35.5. The van der Waals surface area contributed by atoms with Crippen molar-refractivity contribution in [1.82, 2.24) is 10.6 Å². The number of piperidine rings is 1. The normalized spacial score (nSPS) is 22.8. The number of benzene rings is 2. The van der Waals surface area contributed by atoms with E-state index in [2.05, 4.69) is 24.5 Å². The fourth-order valence-electron chi connectivity index (χ4n) is 4.75. The third kappa shape index (κ3) is 6.25. The van der Waals surface area contributed by atoms with Gasteiger partial charge in [0.1, 0.15) is 0 Å². The molecule has 2 aromatic carbocycles. The van der Waals surface area contributed by atoms with Crippen molar-refractivity contribution < 1.29 is 14.7 Å². The van der Waals surface area contributed by atoms with Crippen molar-refractivity contribution in [3.63, 3.8) is 0 Å². The lowest BCUT2D eigenvalue weighted by Gasteiger charge is -2.40. The lowest BCUT2D eigenvalue weighted by Crippen LogP contribution is -2.52. The number of carboxylic acid groups (broad SMARTS) is 1. The Kier molecular flexibility index (Phi) is 8.57. The Balaban J connectivity index is 1.86. The molecular weight excluding hydrogens is 447 g/mol. The highest BCUT2D eigenvalue weighted by molar-refractivity contribution is 6.30. The summed E-state index contributed by atoms with van der Waals surface area (Å²) in [6.45, 7) is 5.02. The van der Waals surface area contributed by atoms with E-state index in [4.69, 9.17) is 23.2 Å². The van der Waals surface area contributed by atoms with Crippen molar-refractivity contribution >= 4 is 35.1 Å². The molecule has 1 heterocycles. The van der Waals surface area contributed by atoms with Gasteiger partial charge in [-0.1, -0.05) is 61.3 Å². The zero-order valence-corrected chi connectivity index (χ0v) is 19.9. The van der Waals surface area contributed by atoms with Gasteiger partial charge < -0.3 is 15.7 Å². The number of amides is 1. The zero-order valence-electron chi connectivity index (χ0n) is 18.4. The van der Waals surface area contributed by atoms with Gasteiger partial charge in [0.25, 0.3) is 0 Å². The molecule has 1 saturated heterocycles. The molecule has 172 valence electrons. The van der Waals surface area contributed by atoms with Gasteiger partial charge in [0, 0.05) is 34.0 Å². The van der Waals surface area contributed by atoms with Crippen LogP contribution >= 0.6 is 23.2 Å². The number of aliphatic carboxylic acids is 1. The third-order valence-electron chi connectivity index (χ3n) is 6.29. The van der Waals surface area contributed by atoms with Gasteiger partial charge in [0.05, 0.1) is 6.42 Å². The Morgan fingerprint density at radius 2 is 1.91 bits per heavy atom. The predicted octanol–water partition coefficient (Wildman–Crippen LogP) is 5.43. The first-order valence-corrected chi connectivity index (χ1v) is 11.8. The molecular formula is C25H30Cl2N2O3. The van der Waals surface area contributed by atoms with Crippen LogP contribution in [0.2, 0.25) is 10.0 Å². The number of hydrogen-bond acceptors (Lipinski definition) is 3. The summed E-state index contributed by atoms with van der Waals surface area (Å²) in [5.74, 6) is -1.59. The van der Waals surface area contributed by atoms with E-state index < -0.39 is 11.9 Å². The molecule has 1 fully saturated rings. The summed E-state index contributed by atoms with van der Waals surface area (Å²) in [5.41, 5.74) is 2.17. The van der Waals surface area contributed by atoms with Gasteiger partial charge in [0.15, 0.2) is 0 Å².